The number of nitrogens with zero attached hydrogens (tertiary/aromatic N) is 2. The van der Waals surface area contributed by atoms with Gasteiger partial charge in [-0.2, -0.15) is 0 Å². The summed E-state index contributed by atoms with van der Waals surface area (Å²) in [5.41, 5.74) is 14.1. The zero-order chi connectivity index (χ0) is 43.6. The molecule has 13 rings (SSSR count). The number of benzene rings is 12. The maximum absolute atomic E-state index is 2.48. The van der Waals surface area contributed by atoms with Gasteiger partial charge in [0.05, 0.1) is 16.7 Å². The molecule has 0 amide bonds. The van der Waals surface area contributed by atoms with Crippen molar-refractivity contribution in [2.45, 2.75) is 0 Å². The topological polar surface area (TPSA) is 8.17 Å². The van der Waals surface area contributed by atoms with Gasteiger partial charge in [0.2, 0.25) is 0 Å². The van der Waals surface area contributed by atoms with Gasteiger partial charge in [-0.25, -0.2) is 0 Å². The minimum absolute atomic E-state index is 1.09. The smallest absolute Gasteiger partial charge is 0.0546 e. The van der Waals surface area contributed by atoms with E-state index in [1.54, 1.807) is 0 Å². The van der Waals surface area contributed by atoms with Crippen LogP contribution in [0.15, 0.2) is 255 Å². The molecule has 0 spiro atoms. The summed E-state index contributed by atoms with van der Waals surface area (Å²) in [4.78, 5) is 2.48. The van der Waals surface area contributed by atoms with Crippen LogP contribution in [0, 0.1) is 0 Å². The third-order valence-corrected chi connectivity index (χ3v) is 13.5. The first-order chi connectivity index (χ1) is 32.8. The molecule has 308 valence electrons. The largest absolute Gasteiger partial charge is 0.310 e. The summed E-state index contributed by atoms with van der Waals surface area (Å²) < 4.78 is 2.39. The lowest BCUT2D eigenvalue weighted by molar-refractivity contribution is 1.18. The van der Waals surface area contributed by atoms with E-state index in [-0.39, 0.29) is 0 Å². The van der Waals surface area contributed by atoms with Crippen LogP contribution in [-0.2, 0) is 0 Å². The highest BCUT2D eigenvalue weighted by Crippen LogP contribution is 2.48. The van der Waals surface area contributed by atoms with Crippen LogP contribution in [0.25, 0.3) is 104 Å². The highest BCUT2D eigenvalue weighted by Gasteiger charge is 2.22. The summed E-state index contributed by atoms with van der Waals surface area (Å²) in [7, 11) is 0. The van der Waals surface area contributed by atoms with E-state index in [0.717, 1.165) is 28.3 Å². The molecule has 0 saturated carbocycles. The second-order valence-electron chi connectivity index (χ2n) is 17.2. The molecule has 0 atom stereocenters. The van der Waals surface area contributed by atoms with Crippen molar-refractivity contribution in [1.82, 2.24) is 4.57 Å². The zero-order valence-corrected chi connectivity index (χ0v) is 36.1. The Morgan fingerprint density at radius 2 is 0.773 bits per heavy atom. The Balaban J connectivity index is 1.06. The number of fused-ring (bicyclic) bond motifs is 9. The minimum atomic E-state index is 1.09. The fraction of sp³-hybridized carbons (Fsp3) is 0. The number of hydrogen-bond acceptors (Lipinski definition) is 1. The lowest BCUT2D eigenvalue weighted by Gasteiger charge is -2.28. The Hall–Kier alpha value is -8.72. The lowest BCUT2D eigenvalue weighted by atomic mass is 9.84. The molecular weight excluding hydrogens is 797 g/mol. The summed E-state index contributed by atoms with van der Waals surface area (Å²) in [6.07, 6.45) is 0. The Morgan fingerprint density at radius 3 is 1.52 bits per heavy atom. The van der Waals surface area contributed by atoms with Gasteiger partial charge in [0.25, 0.3) is 0 Å². The second-order valence-corrected chi connectivity index (χ2v) is 17.2. The van der Waals surface area contributed by atoms with Crippen LogP contribution in [0.3, 0.4) is 0 Å². The summed E-state index contributed by atoms with van der Waals surface area (Å²) in [5.74, 6) is 0. The van der Waals surface area contributed by atoms with Crippen molar-refractivity contribution in [3.63, 3.8) is 0 Å². The molecule has 2 heteroatoms. The Kier molecular flexibility index (Phi) is 8.89. The SMILES string of the molecule is c1ccc(-c2c(-c3ccccc3)c3cc(-c4cccc(N(c5ccc6c(c5)c5ccccc5n6-c5ccccc5)c5cc6ccccc6c6ccccc56)c4)ccc3c3ccccc23)cc1. The number of rotatable bonds is 7. The Labute approximate surface area is 383 Å². The summed E-state index contributed by atoms with van der Waals surface area (Å²) in [6, 6.07) is 93.4. The zero-order valence-electron chi connectivity index (χ0n) is 36.1. The molecule has 0 unspecified atom stereocenters. The van der Waals surface area contributed by atoms with Gasteiger partial charge >= 0.3 is 0 Å². The van der Waals surface area contributed by atoms with Crippen molar-refractivity contribution in [2.24, 2.45) is 0 Å². The lowest BCUT2D eigenvalue weighted by Crippen LogP contribution is -2.11. The number of hydrogen-bond donors (Lipinski definition) is 0. The van der Waals surface area contributed by atoms with Gasteiger partial charge in [0.15, 0.2) is 0 Å². The maximum Gasteiger partial charge on any atom is 0.0546 e. The molecule has 0 bridgehead atoms. The van der Waals surface area contributed by atoms with Crippen molar-refractivity contribution < 1.29 is 0 Å². The molecule has 1 heterocycles. The Morgan fingerprint density at radius 1 is 0.258 bits per heavy atom. The first-order valence-electron chi connectivity index (χ1n) is 22.8. The van der Waals surface area contributed by atoms with E-state index < -0.39 is 0 Å². The average Bonchev–Trinajstić information content (AvgIpc) is 3.73. The van der Waals surface area contributed by atoms with Gasteiger partial charge in [0, 0.05) is 33.2 Å². The van der Waals surface area contributed by atoms with Crippen LogP contribution < -0.4 is 4.90 Å². The van der Waals surface area contributed by atoms with Gasteiger partial charge in [-0.15, -0.1) is 0 Å². The van der Waals surface area contributed by atoms with Crippen LogP contribution in [0.5, 0.6) is 0 Å². The average molecular weight is 839 g/mol. The summed E-state index contributed by atoms with van der Waals surface area (Å²) in [6.45, 7) is 0. The van der Waals surface area contributed by atoms with E-state index in [0.29, 0.717) is 0 Å². The number of aromatic nitrogens is 1. The van der Waals surface area contributed by atoms with E-state index in [4.69, 9.17) is 0 Å². The summed E-state index contributed by atoms with van der Waals surface area (Å²) >= 11 is 0. The fourth-order valence-electron chi connectivity index (χ4n) is 10.6. The van der Waals surface area contributed by atoms with Crippen molar-refractivity contribution >= 4 is 82.0 Å². The number of para-hydroxylation sites is 2. The van der Waals surface area contributed by atoms with Gasteiger partial charge in [-0.3, -0.25) is 0 Å². The monoisotopic (exact) mass is 838 g/mol. The Bertz CT molecular complexity index is 3980. The van der Waals surface area contributed by atoms with Gasteiger partial charge in [0.1, 0.15) is 0 Å². The van der Waals surface area contributed by atoms with Crippen molar-refractivity contribution in [3.8, 4) is 39.1 Å². The van der Waals surface area contributed by atoms with Gasteiger partial charge in [-0.1, -0.05) is 194 Å². The van der Waals surface area contributed by atoms with Gasteiger partial charge in [-0.05, 0) is 132 Å². The minimum Gasteiger partial charge on any atom is -0.310 e. The molecule has 0 fully saturated rings. The first kappa shape index (κ1) is 37.8. The first-order valence-corrected chi connectivity index (χ1v) is 22.8. The molecule has 0 saturated heterocycles. The number of anilines is 3. The predicted molar refractivity (Wildman–Crippen MR) is 282 cm³/mol. The second kappa shape index (κ2) is 15.5. The van der Waals surface area contributed by atoms with Crippen molar-refractivity contribution in [2.75, 3.05) is 4.90 Å². The van der Waals surface area contributed by atoms with Crippen LogP contribution in [0.1, 0.15) is 0 Å². The molecule has 0 aliphatic heterocycles. The van der Waals surface area contributed by atoms with Crippen molar-refractivity contribution in [3.05, 3.63) is 255 Å². The van der Waals surface area contributed by atoms with E-state index in [1.807, 2.05) is 0 Å². The van der Waals surface area contributed by atoms with E-state index >= 15 is 0 Å². The molecule has 1 aromatic heterocycles. The van der Waals surface area contributed by atoms with Crippen LogP contribution in [-0.4, -0.2) is 4.57 Å². The standard InChI is InChI=1S/C64H42N2/c1-4-19-43(20-5-1)63-57-33-15-13-30-53(57)54-37-35-46(40-59(54)64(63)44-21-6-2-7-22-44)45-24-18-27-49(39-45)65(62-41-47-23-10-11-28-51(47)52-29-12-14-31-55(52)62)50-36-38-61-58(42-50)56-32-16-17-34-60(56)66(61)48-25-8-3-9-26-48/h1-42H. The molecule has 13 aromatic rings. The third-order valence-electron chi connectivity index (χ3n) is 13.5. The fourth-order valence-corrected chi connectivity index (χ4v) is 10.6. The van der Waals surface area contributed by atoms with E-state index in [9.17, 15) is 0 Å². The normalized spacial score (nSPS) is 11.6. The molecule has 0 aliphatic carbocycles. The highest BCUT2D eigenvalue weighted by molar-refractivity contribution is 6.22. The maximum atomic E-state index is 2.48. The quantitative estimate of drug-likeness (QED) is 0.145. The van der Waals surface area contributed by atoms with Crippen LogP contribution in [0.2, 0.25) is 0 Å². The van der Waals surface area contributed by atoms with Crippen LogP contribution >= 0.6 is 0 Å². The highest BCUT2D eigenvalue weighted by atomic mass is 15.1. The predicted octanol–water partition coefficient (Wildman–Crippen LogP) is 17.9. The van der Waals surface area contributed by atoms with E-state index in [2.05, 4.69) is 264 Å². The van der Waals surface area contributed by atoms with Crippen molar-refractivity contribution in [1.29, 1.82) is 0 Å². The molecule has 66 heavy (non-hydrogen) atoms. The molecular formula is C64H42N2. The van der Waals surface area contributed by atoms with Gasteiger partial charge < -0.3 is 9.47 Å². The molecule has 0 N–H and O–H groups in total. The molecule has 12 aromatic carbocycles. The van der Waals surface area contributed by atoms with Crippen LogP contribution in [0.4, 0.5) is 17.1 Å². The summed E-state index contributed by atoms with van der Waals surface area (Å²) in [5, 5.41) is 12.3. The van der Waals surface area contributed by atoms with E-state index in [1.165, 1.54) is 92.7 Å². The molecule has 0 radical (unpaired) electrons. The molecule has 0 aliphatic rings. The molecule has 2 nitrogen and oxygen atoms in total. The third kappa shape index (κ3) is 6.11.